The van der Waals surface area contributed by atoms with E-state index in [1.807, 2.05) is 24.3 Å². The maximum absolute atomic E-state index is 12.3. The summed E-state index contributed by atoms with van der Waals surface area (Å²) in [5.74, 6) is 0.295. The molecule has 6 heteroatoms. The molecule has 0 bridgehead atoms. The van der Waals surface area contributed by atoms with Crippen molar-refractivity contribution >= 4 is 22.5 Å². The van der Waals surface area contributed by atoms with Crippen molar-refractivity contribution in [2.24, 2.45) is 0 Å². The normalized spacial score (nSPS) is 12.1. The van der Waals surface area contributed by atoms with Gasteiger partial charge in [-0.25, -0.2) is 4.79 Å². The molecule has 1 unspecified atom stereocenters. The lowest BCUT2D eigenvalue weighted by Crippen LogP contribution is -2.31. The van der Waals surface area contributed by atoms with Crippen LogP contribution in [-0.2, 0) is 11.3 Å². The van der Waals surface area contributed by atoms with Crippen LogP contribution in [0.5, 0.6) is 0 Å². The standard InChI is InChI=1S/C21H23N3O3/c1-3-14(2)15-8-10-16(11-9-15)22-19(25)12-13-24-18-7-5-4-6-17(18)20(26)23-21(24)27/h4-11,14H,3,12-13H2,1-2H3,(H,22,25)(H,23,26,27). The number of nitrogens with one attached hydrogen (secondary N) is 2. The van der Waals surface area contributed by atoms with Gasteiger partial charge in [0.1, 0.15) is 0 Å². The average Bonchev–Trinajstić information content (AvgIpc) is 2.68. The monoisotopic (exact) mass is 365 g/mol. The molecule has 0 aliphatic rings. The molecular weight excluding hydrogens is 342 g/mol. The lowest BCUT2D eigenvalue weighted by atomic mass is 9.99. The third kappa shape index (κ3) is 4.16. The number of nitrogens with zero attached hydrogens (tertiary/aromatic N) is 1. The van der Waals surface area contributed by atoms with Crippen LogP contribution in [-0.4, -0.2) is 15.5 Å². The van der Waals surface area contributed by atoms with Gasteiger partial charge in [0.2, 0.25) is 5.91 Å². The zero-order valence-electron chi connectivity index (χ0n) is 15.5. The van der Waals surface area contributed by atoms with Gasteiger partial charge in [-0.2, -0.15) is 0 Å². The van der Waals surface area contributed by atoms with Gasteiger partial charge in [0.15, 0.2) is 0 Å². The lowest BCUT2D eigenvalue weighted by molar-refractivity contribution is -0.116. The number of hydrogen-bond donors (Lipinski definition) is 2. The molecule has 140 valence electrons. The van der Waals surface area contributed by atoms with Crippen molar-refractivity contribution in [2.75, 3.05) is 5.32 Å². The van der Waals surface area contributed by atoms with Gasteiger partial charge in [-0.05, 0) is 42.2 Å². The zero-order chi connectivity index (χ0) is 19.4. The number of carbonyl (C=O) groups is 1. The van der Waals surface area contributed by atoms with Crippen LogP contribution < -0.4 is 16.6 Å². The Labute approximate surface area is 156 Å². The quantitative estimate of drug-likeness (QED) is 0.703. The first-order chi connectivity index (χ1) is 13.0. The van der Waals surface area contributed by atoms with Crippen molar-refractivity contribution in [3.05, 3.63) is 74.9 Å². The summed E-state index contributed by atoms with van der Waals surface area (Å²) in [6.45, 7) is 4.50. The Morgan fingerprint density at radius 1 is 1.11 bits per heavy atom. The molecule has 0 aliphatic heterocycles. The van der Waals surface area contributed by atoms with Gasteiger partial charge in [0.25, 0.3) is 5.56 Å². The number of fused-ring (bicyclic) bond motifs is 1. The topological polar surface area (TPSA) is 84.0 Å². The van der Waals surface area contributed by atoms with E-state index in [1.165, 1.54) is 10.1 Å². The third-order valence-electron chi connectivity index (χ3n) is 4.84. The van der Waals surface area contributed by atoms with E-state index in [2.05, 4.69) is 24.1 Å². The Morgan fingerprint density at radius 3 is 2.52 bits per heavy atom. The summed E-state index contributed by atoms with van der Waals surface area (Å²) >= 11 is 0. The molecule has 2 aromatic carbocycles. The smallest absolute Gasteiger partial charge is 0.326 e. The predicted octanol–water partition coefficient (Wildman–Crippen LogP) is 3.23. The molecular formula is C21H23N3O3. The van der Waals surface area contributed by atoms with Gasteiger partial charge in [-0.1, -0.05) is 38.1 Å². The predicted molar refractivity (Wildman–Crippen MR) is 107 cm³/mol. The Balaban J connectivity index is 1.70. The minimum absolute atomic E-state index is 0.128. The highest BCUT2D eigenvalue weighted by molar-refractivity contribution is 5.90. The van der Waals surface area contributed by atoms with E-state index >= 15 is 0 Å². The molecule has 0 saturated heterocycles. The van der Waals surface area contributed by atoms with Crippen LogP contribution in [0.2, 0.25) is 0 Å². The Morgan fingerprint density at radius 2 is 1.81 bits per heavy atom. The largest absolute Gasteiger partial charge is 0.328 e. The summed E-state index contributed by atoms with van der Waals surface area (Å²) < 4.78 is 1.42. The first-order valence-corrected chi connectivity index (χ1v) is 9.11. The number of H-pyrrole nitrogens is 1. The molecule has 1 heterocycles. The highest BCUT2D eigenvalue weighted by atomic mass is 16.2. The summed E-state index contributed by atoms with van der Waals surface area (Å²) in [5.41, 5.74) is 1.56. The first kappa shape index (κ1) is 18.6. The van der Waals surface area contributed by atoms with E-state index in [1.54, 1.807) is 24.3 Å². The maximum atomic E-state index is 12.3. The number of carbonyl (C=O) groups excluding carboxylic acids is 1. The van der Waals surface area contributed by atoms with Gasteiger partial charge in [-0.3, -0.25) is 19.1 Å². The number of amides is 1. The van der Waals surface area contributed by atoms with Crippen LogP contribution in [0.4, 0.5) is 5.69 Å². The molecule has 0 spiro atoms. The Hall–Kier alpha value is -3.15. The van der Waals surface area contributed by atoms with E-state index < -0.39 is 11.2 Å². The summed E-state index contributed by atoms with van der Waals surface area (Å²) in [6, 6.07) is 14.7. The molecule has 1 atom stereocenters. The van der Waals surface area contributed by atoms with Gasteiger partial charge < -0.3 is 5.32 Å². The summed E-state index contributed by atoms with van der Waals surface area (Å²) in [5, 5.41) is 3.28. The number of hydrogen-bond acceptors (Lipinski definition) is 3. The van der Waals surface area contributed by atoms with Crippen LogP contribution >= 0.6 is 0 Å². The van der Waals surface area contributed by atoms with Crippen LogP contribution in [0.3, 0.4) is 0 Å². The average molecular weight is 365 g/mol. The van der Waals surface area contributed by atoms with Gasteiger partial charge in [0, 0.05) is 18.7 Å². The van der Waals surface area contributed by atoms with Crippen molar-refractivity contribution in [1.82, 2.24) is 9.55 Å². The molecule has 1 amide bonds. The molecule has 0 radical (unpaired) electrons. The van der Waals surface area contributed by atoms with E-state index in [-0.39, 0.29) is 18.9 Å². The summed E-state index contributed by atoms with van der Waals surface area (Å²) in [6.07, 6.45) is 1.19. The molecule has 6 nitrogen and oxygen atoms in total. The van der Waals surface area contributed by atoms with E-state index in [0.717, 1.165) is 12.1 Å². The second-order valence-corrected chi connectivity index (χ2v) is 6.66. The second kappa shape index (κ2) is 8.03. The molecule has 2 N–H and O–H groups in total. The van der Waals surface area contributed by atoms with Gasteiger partial charge in [-0.15, -0.1) is 0 Å². The van der Waals surface area contributed by atoms with Crippen molar-refractivity contribution in [3.8, 4) is 0 Å². The summed E-state index contributed by atoms with van der Waals surface area (Å²) in [4.78, 5) is 38.6. The van der Waals surface area contributed by atoms with Crippen LogP contribution in [0, 0.1) is 0 Å². The van der Waals surface area contributed by atoms with E-state index in [9.17, 15) is 14.4 Å². The minimum atomic E-state index is -0.510. The van der Waals surface area contributed by atoms with Crippen LogP contribution in [0.15, 0.2) is 58.1 Å². The number of benzene rings is 2. The molecule has 0 aliphatic carbocycles. The number of para-hydroxylation sites is 1. The molecule has 27 heavy (non-hydrogen) atoms. The molecule has 0 saturated carbocycles. The van der Waals surface area contributed by atoms with Gasteiger partial charge >= 0.3 is 5.69 Å². The number of aryl methyl sites for hydroxylation is 1. The van der Waals surface area contributed by atoms with Crippen molar-refractivity contribution in [3.63, 3.8) is 0 Å². The highest BCUT2D eigenvalue weighted by Crippen LogP contribution is 2.20. The fourth-order valence-electron chi connectivity index (χ4n) is 3.03. The fraction of sp³-hybridized carbons (Fsp3) is 0.286. The van der Waals surface area contributed by atoms with Crippen LogP contribution in [0.25, 0.3) is 10.9 Å². The number of aromatic nitrogens is 2. The number of anilines is 1. The minimum Gasteiger partial charge on any atom is -0.326 e. The molecule has 3 rings (SSSR count). The van der Waals surface area contributed by atoms with Crippen molar-refractivity contribution in [2.45, 2.75) is 39.2 Å². The molecule has 0 fully saturated rings. The van der Waals surface area contributed by atoms with Crippen molar-refractivity contribution in [1.29, 1.82) is 0 Å². The molecule has 1 aromatic heterocycles. The van der Waals surface area contributed by atoms with Gasteiger partial charge in [0.05, 0.1) is 10.9 Å². The van der Waals surface area contributed by atoms with E-state index in [4.69, 9.17) is 0 Å². The second-order valence-electron chi connectivity index (χ2n) is 6.66. The summed E-state index contributed by atoms with van der Waals surface area (Å²) in [7, 11) is 0. The molecule has 3 aromatic rings. The zero-order valence-corrected chi connectivity index (χ0v) is 15.5. The fourth-order valence-corrected chi connectivity index (χ4v) is 3.03. The highest BCUT2D eigenvalue weighted by Gasteiger charge is 2.10. The van der Waals surface area contributed by atoms with Crippen molar-refractivity contribution < 1.29 is 4.79 Å². The first-order valence-electron chi connectivity index (χ1n) is 9.11. The Bertz CT molecular complexity index is 1060. The maximum Gasteiger partial charge on any atom is 0.328 e. The van der Waals surface area contributed by atoms with Crippen LogP contribution in [0.1, 0.15) is 38.2 Å². The number of rotatable bonds is 6. The third-order valence-corrected chi connectivity index (χ3v) is 4.84. The SMILES string of the molecule is CCC(C)c1ccc(NC(=O)CCn2c(=O)[nH]c(=O)c3ccccc32)cc1. The van der Waals surface area contributed by atoms with E-state index in [0.29, 0.717) is 16.8 Å². The Kier molecular flexibility index (Phi) is 5.54. The lowest BCUT2D eigenvalue weighted by Gasteiger charge is -2.11. The number of aromatic amines is 1.